The number of likely N-dealkylation sites (tertiary alicyclic amines) is 2. The van der Waals surface area contributed by atoms with Crippen LogP contribution < -0.4 is 5.32 Å². The molecule has 0 radical (unpaired) electrons. The van der Waals surface area contributed by atoms with Crippen molar-refractivity contribution in [1.29, 1.82) is 0 Å². The van der Waals surface area contributed by atoms with Crippen molar-refractivity contribution in [3.63, 3.8) is 0 Å². The van der Waals surface area contributed by atoms with E-state index in [0.717, 1.165) is 24.8 Å². The molecule has 3 amide bonds. The Bertz CT molecular complexity index is 836. The van der Waals surface area contributed by atoms with Gasteiger partial charge in [-0.15, -0.1) is 0 Å². The standard InChI is InChI=1S/C24H35N3O4S/c1-18(28)25-20(15-31-23(2,3)4)22(30)27-13-10-24(17-27)8-11-26(12-9-24)21(29)6-5-19-7-14-32-16-19/h5-7,14,16,20H,8-13,15,17H2,1-4H3,(H,25,28)/b6-5+/t20-/m0/s1. The first-order chi connectivity index (χ1) is 15.1. The van der Waals surface area contributed by atoms with E-state index >= 15 is 0 Å². The normalized spacial score (nSPS) is 19.5. The van der Waals surface area contributed by atoms with E-state index in [1.54, 1.807) is 17.4 Å². The van der Waals surface area contributed by atoms with Crippen LogP contribution in [-0.4, -0.2) is 72.0 Å². The summed E-state index contributed by atoms with van der Waals surface area (Å²) in [6.07, 6.45) is 6.22. The largest absolute Gasteiger partial charge is 0.373 e. The predicted molar refractivity (Wildman–Crippen MR) is 126 cm³/mol. The molecule has 1 N–H and O–H groups in total. The third kappa shape index (κ3) is 6.65. The fourth-order valence-corrected chi connectivity index (χ4v) is 4.98. The lowest BCUT2D eigenvalue weighted by Gasteiger charge is -2.39. The van der Waals surface area contributed by atoms with Gasteiger partial charge in [0.1, 0.15) is 6.04 Å². The number of rotatable bonds is 6. The van der Waals surface area contributed by atoms with Gasteiger partial charge in [-0.3, -0.25) is 14.4 Å². The number of nitrogens with zero attached hydrogens (tertiary/aromatic N) is 2. The van der Waals surface area contributed by atoms with Crippen molar-refractivity contribution in [3.8, 4) is 0 Å². The van der Waals surface area contributed by atoms with E-state index < -0.39 is 6.04 Å². The quantitative estimate of drug-likeness (QED) is 0.661. The third-order valence-corrected chi connectivity index (χ3v) is 6.91. The molecule has 0 bridgehead atoms. The zero-order valence-corrected chi connectivity index (χ0v) is 20.4. The summed E-state index contributed by atoms with van der Waals surface area (Å²) in [5.74, 6) is -0.280. The van der Waals surface area contributed by atoms with Gasteiger partial charge in [0, 0.05) is 39.2 Å². The van der Waals surface area contributed by atoms with Gasteiger partial charge >= 0.3 is 0 Å². The number of hydrogen-bond donors (Lipinski definition) is 1. The van der Waals surface area contributed by atoms with Crippen LogP contribution in [0.1, 0.15) is 52.5 Å². The number of nitrogens with one attached hydrogen (secondary N) is 1. The summed E-state index contributed by atoms with van der Waals surface area (Å²) in [6.45, 7) is 10.1. The predicted octanol–water partition coefficient (Wildman–Crippen LogP) is 2.92. The lowest BCUT2D eigenvalue weighted by Crippen LogP contribution is -2.51. The van der Waals surface area contributed by atoms with Gasteiger partial charge in [0.15, 0.2) is 0 Å². The van der Waals surface area contributed by atoms with Gasteiger partial charge in [0.05, 0.1) is 12.2 Å². The molecule has 2 fully saturated rings. The lowest BCUT2D eigenvalue weighted by molar-refractivity contribution is -0.139. The van der Waals surface area contributed by atoms with E-state index in [2.05, 4.69) is 5.32 Å². The van der Waals surface area contributed by atoms with Crippen molar-refractivity contribution < 1.29 is 19.1 Å². The van der Waals surface area contributed by atoms with Crippen LogP contribution >= 0.6 is 11.3 Å². The maximum Gasteiger partial charge on any atom is 0.247 e. The van der Waals surface area contributed by atoms with Crippen molar-refractivity contribution in [1.82, 2.24) is 15.1 Å². The molecular weight excluding hydrogens is 426 g/mol. The van der Waals surface area contributed by atoms with Gasteiger partial charge in [-0.05, 0) is 73.9 Å². The zero-order valence-electron chi connectivity index (χ0n) is 19.6. The molecule has 1 atom stereocenters. The van der Waals surface area contributed by atoms with Crippen LogP contribution in [0.25, 0.3) is 6.08 Å². The van der Waals surface area contributed by atoms with Crippen molar-refractivity contribution in [2.75, 3.05) is 32.8 Å². The minimum atomic E-state index is -0.675. The van der Waals surface area contributed by atoms with Crippen molar-refractivity contribution in [3.05, 3.63) is 28.5 Å². The van der Waals surface area contributed by atoms with Crippen molar-refractivity contribution in [2.45, 2.75) is 58.6 Å². The summed E-state index contributed by atoms with van der Waals surface area (Å²) in [5.41, 5.74) is 0.710. The molecule has 1 aromatic rings. The molecule has 8 heteroatoms. The molecular formula is C24H35N3O4S. The van der Waals surface area contributed by atoms with Gasteiger partial charge in [0.25, 0.3) is 0 Å². The number of piperidine rings is 1. The Morgan fingerprint density at radius 3 is 2.41 bits per heavy atom. The molecule has 1 aromatic heterocycles. The molecule has 0 aromatic carbocycles. The number of carbonyl (C=O) groups excluding carboxylic acids is 3. The number of carbonyl (C=O) groups is 3. The molecule has 2 aliphatic heterocycles. The molecule has 2 saturated heterocycles. The Labute approximate surface area is 194 Å². The molecule has 0 saturated carbocycles. The van der Waals surface area contributed by atoms with E-state index in [4.69, 9.17) is 4.74 Å². The van der Waals surface area contributed by atoms with E-state index in [0.29, 0.717) is 26.2 Å². The number of amides is 3. The average molecular weight is 462 g/mol. The monoisotopic (exact) mass is 461 g/mol. The van der Waals surface area contributed by atoms with Crippen LogP contribution in [0.5, 0.6) is 0 Å². The van der Waals surface area contributed by atoms with Crippen LogP contribution in [0, 0.1) is 5.41 Å². The second-order valence-corrected chi connectivity index (χ2v) is 10.7. The molecule has 32 heavy (non-hydrogen) atoms. The van der Waals surface area contributed by atoms with Crippen LogP contribution in [0.4, 0.5) is 0 Å². The first-order valence-corrected chi connectivity index (χ1v) is 12.2. The van der Waals surface area contributed by atoms with Gasteiger partial charge in [-0.1, -0.05) is 0 Å². The highest BCUT2D eigenvalue weighted by Gasteiger charge is 2.43. The second kappa shape index (κ2) is 10.2. The Morgan fingerprint density at radius 2 is 1.84 bits per heavy atom. The van der Waals surface area contributed by atoms with Crippen molar-refractivity contribution in [2.24, 2.45) is 5.41 Å². The summed E-state index contributed by atoms with van der Waals surface area (Å²) in [7, 11) is 0. The Balaban J connectivity index is 1.54. The second-order valence-electron chi connectivity index (χ2n) is 9.90. The van der Waals surface area contributed by atoms with Gasteiger partial charge in [0.2, 0.25) is 17.7 Å². The molecule has 3 heterocycles. The van der Waals surface area contributed by atoms with Crippen LogP contribution in [-0.2, 0) is 19.1 Å². The molecule has 2 aliphatic rings. The van der Waals surface area contributed by atoms with E-state index in [9.17, 15) is 14.4 Å². The van der Waals surface area contributed by atoms with Crippen molar-refractivity contribution >= 4 is 35.1 Å². The Hall–Kier alpha value is -2.19. The lowest BCUT2D eigenvalue weighted by atomic mass is 9.77. The van der Waals surface area contributed by atoms with Crippen LogP contribution in [0.3, 0.4) is 0 Å². The molecule has 3 rings (SSSR count). The SMILES string of the molecule is CC(=O)N[C@@H](COC(C)(C)C)C(=O)N1CCC2(CCN(C(=O)/C=C/c3ccsc3)CC2)C1. The topological polar surface area (TPSA) is 79.0 Å². The highest BCUT2D eigenvalue weighted by atomic mass is 32.1. The average Bonchev–Trinajstić information content (AvgIpc) is 3.39. The summed E-state index contributed by atoms with van der Waals surface area (Å²) in [5, 5.41) is 6.76. The number of thiophene rings is 1. The maximum atomic E-state index is 13.2. The molecule has 0 unspecified atom stereocenters. The van der Waals surface area contributed by atoms with Gasteiger partial charge in [-0.2, -0.15) is 11.3 Å². The summed E-state index contributed by atoms with van der Waals surface area (Å²) in [4.78, 5) is 41.1. The highest BCUT2D eigenvalue weighted by molar-refractivity contribution is 7.08. The first-order valence-electron chi connectivity index (χ1n) is 11.3. The summed E-state index contributed by atoms with van der Waals surface area (Å²) in [6, 6.07) is 1.32. The summed E-state index contributed by atoms with van der Waals surface area (Å²) >= 11 is 1.61. The smallest absolute Gasteiger partial charge is 0.247 e. The summed E-state index contributed by atoms with van der Waals surface area (Å²) < 4.78 is 5.79. The maximum absolute atomic E-state index is 13.2. The van der Waals surface area contributed by atoms with E-state index in [1.165, 1.54) is 6.92 Å². The third-order valence-electron chi connectivity index (χ3n) is 6.21. The molecule has 0 aliphatic carbocycles. The zero-order chi connectivity index (χ0) is 23.4. The van der Waals surface area contributed by atoms with Gasteiger partial charge < -0.3 is 19.9 Å². The first kappa shape index (κ1) is 24.5. The Morgan fingerprint density at radius 1 is 1.19 bits per heavy atom. The fraction of sp³-hybridized carbons (Fsp3) is 0.625. The minimum absolute atomic E-state index is 0.0435. The van der Waals surface area contributed by atoms with E-state index in [-0.39, 0.29) is 35.3 Å². The number of ether oxygens (including phenoxy) is 1. The van der Waals surface area contributed by atoms with E-state index in [1.807, 2.05) is 53.5 Å². The highest BCUT2D eigenvalue weighted by Crippen LogP contribution is 2.40. The Kier molecular flexibility index (Phi) is 7.77. The van der Waals surface area contributed by atoms with Crippen LogP contribution in [0.15, 0.2) is 22.9 Å². The minimum Gasteiger partial charge on any atom is -0.373 e. The molecule has 7 nitrogen and oxygen atoms in total. The number of hydrogen-bond acceptors (Lipinski definition) is 5. The van der Waals surface area contributed by atoms with Crippen LogP contribution in [0.2, 0.25) is 0 Å². The molecule has 176 valence electrons. The fourth-order valence-electron chi connectivity index (χ4n) is 4.35. The van der Waals surface area contributed by atoms with Gasteiger partial charge in [-0.25, -0.2) is 0 Å². The molecule has 1 spiro atoms.